The summed E-state index contributed by atoms with van der Waals surface area (Å²) < 4.78 is 19.6. The summed E-state index contributed by atoms with van der Waals surface area (Å²) in [7, 11) is 0. The number of aromatic nitrogens is 2. The van der Waals surface area contributed by atoms with E-state index in [9.17, 15) is 14.6 Å². The number of hydrogen-bond donors (Lipinski definition) is 2. The molecule has 7 heteroatoms. The summed E-state index contributed by atoms with van der Waals surface area (Å²) in [5, 5.41) is 29.4. The van der Waals surface area contributed by atoms with Gasteiger partial charge in [-0.1, -0.05) is 48.2 Å². The first-order valence-electron chi connectivity index (χ1n) is 10.6. The lowest BCUT2D eigenvalue weighted by molar-refractivity contribution is 0.461. The average Bonchev–Trinajstić information content (AvgIpc) is 3.30. The molecule has 172 valence electrons. The molecule has 4 aromatic rings. The molecule has 34 heavy (non-hydrogen) atoms. The number of allylic oxidation sites excluding steroid dienone is 2. The van der Waals surface area contributed by atoms with E-state index in [0.717, 1.165) is 16.7 Å². The van der Waals surface area contributed by atoms with Crippen molar-refractivity contribution in [2.24, 2.45) is 0 Å². The normalized spacial score (nSPS) is 10.9. The quantitative estimate of drug-likeness (QED) is 0.207. The Hall–Kier alpha value is -3.84. The van der Waals surface area contributed by atoms with Crippen molar-refractivity contribution in [2.75, 3.05) is 0 Å². The largest absolute Gasteiger partial charge is 0.508 e. The van der Waals surface area contributed by atoms with Gasteiger partial charge in [0.2, 0.25) is 0 Å². The van der Waals surface area contributed by atoms with Crippen molar-refractivity contribution in [3.63, 3.8) is 0 Å². The van der Waals surface area contributed by atoms with Gasteiger partial charge in [-0.25, -0.2) is 4.39 Å². The van der Waals surface area contributed by atoms with Crippen molar-refractivity contribution < 1.29 is 19.0 Å². The van der Waals surface area contributed by atoms with E-state index in [1.54, 1.807) is 42.5 Å². The van der Waals surface area contributed by atoms with Gasteiger partial charge in [0.05, 0.1) is 5.56 Å². The number of benzene rings is 3. The standard InChI is InChI=1S/C27H23FN2O3S/c1-3-7-17-13-20(16-34-27-30-29-26(33-27)21-9-5-6-10-23(21)28)25(32)22(14-17)18-11-12-24(31)19(15-18)8-4-2/h3-6,9-15,31-32H,1-2,7-8,16H2. The number of rotatable bonds is 9. The van der Waals surface area contributed by atoms with E-state index in [1.165, 1.54) is 17.8 Å². The first-order valence-corrected chi connectivity index (χ1v) is 11.6. The van der Waals surface area contributed by atoms with Gasteiger partial charge in [0.25, 0.3) is 11.1 Å². The van der Waals surface area contributed by atoms with Crippen molar-refractivity contribution in [1.82, 2.24) is 10.2 Å². The van der Waals surface area contributed by atoms with Crippen molar-refractivity contribution >= 4 is 11.8 Å². The molecular formula is C27H23FN2O3S. The molecule has 5 nitrogen and oxygen atoms in total. The molecular weight excluding hydrogens is 451 g/mol. The van der Waals surface area contributed by atoms with Gasteiger partial charge in [-0.15, -0.1) is 23.4 Å². The molecule has 0 saturated heterocycles. The molecule has 0 atom stereocenters. The molecule has 0 spiro atoms. The highest BCUT2D eigenvalue weighted by Crippen LogP contribution is 2.38. The van der Waals surface area contributed by atoms with E-state index in [-0.39, 0.29) is 28.2 Å². The summed E-state index contributed by atoms with van der Waals surface area (Å²) in [5.41, 5.74) is 4.06. The van der Waals surface area contributed by atoms with Crippen LogP contribution in [0, 0.1) is 5.82 Å². The van der Waals surface area contributed by atoms with Crippen LogP contribution in [0.5, 0.6) is 11.5 Å². The van der Waals surface area contributed by atoms with Gasteiger partial charge in [0.1, 0.15) is 17.3 Å². The first kappa shape index (κ1) is 23.3. The lowest BCUT2D eigenvalue weighted by Gasteiger charge is -2.14. The van der Waals surface area contributed by atoms with Crippen LogP contribution < -0.4 is 0 Å². The van der Waals surface area contributed by atoms with Crippen LogP contribution in [0.15, 0.2) is 89.5 Å². The Morgan fingerprint density at radius 2 is 1.71 bits per heavy atom. The smallest absolute Gasteiger partial charge is 0.277 e. The Kier molecular flexibility index (Phi) is 7.13. The van der Waals surface area contributed by atoms with E-state index in [0.29, 0.717) is 29.7 Å². The minimum absolute atomic E-state index is 0.102. The lowest BCUT2D eigenvalue weighted by atomic mass is 9.95. The van der Waals surface area contributed by atoms with Crippen LogP contribution in [0.4, 0.5) is 4.39 Å². The predicted molar refractivity (Wildman–Crippen MR) is 132 cm³/mol. The highest BCUT2D eigenvalue weighted by atomic mass is 32.2. The molecule has 0 amide bonds. The number of nitrogens with zero attached hydrogens (tertiary/aromatic N) is 2. The highest BCUT2D eigenvalue weighted by molar-refractivity contribution is 7.98. The minimum Gasteiger partial charge on any atom is -0.508 e. The second-order valence-electron chi connectivity index (χ2n) is 7.62. The third kappa shape index (κ3) is 5.05. The second-order valence-corrected chi connectivity index (χ2v) is 8.55. The summed E-state index contributed by atoms with van der Waals surface area (Å²) in [6, 6.07) is 15.3. The van der Waals surface area contributed by atoms with Gasteiger partial charge in [0.15, 0.2) is 0 Å². The summed E-state index contributed by atoms with van der Waals surface area (Å²) >= 11 is 1.25. The van der Waals surface area contributed by atoms with Crippen LogP contribution in [0.25, 0.3) is 22.6 Å². The third-order valence-electron chi connectivity index (χ3n) is 5.25. The Morgan fingerprint density at radius 1 is 0.912 bits per heavy atom. The number of thioether (sulfide) groups is 1. The first-order chi connectivity index (χ1) is 16.5. The van der Waals surface area contributed by atoms with E-state index in [2.05, 4.69) is 23.4 Å². The summed E-state index contributed by atoms with van der Waals surface area (Å²) in [6.07, 6.45) is 4.65. The van der Waals surface area contributed by atoms with Crippen molar-refractivity contribution in [3.05, 3.63) is 102 Å². The maximum absolute atomic E-state index is 14.0. The topological polar surface area (TPSA) is 79.4 Å². The Morgan fingerprint density at radius 3 is 2.47 bits per heavy atom. The van der Waals surface area contributed by atoms with Crippen LogP contribution in [-0.2, 0) is 18.6 Å². The summed E-state index contributed by atoms with van der Waals surface area (Å²) in [5.74, 6) is 0.338. The zero-order valence-electron chi connectivity index (χ0n) is 18.4. The van der Waals surface area contributed by atoms with E-state index < -0.39 is 5.82 Å². The average molecular weight is 475 g/mol. The molecule has 0 fully saturated rings. The highest BCUT2D eigenvalue weighted by Gasteiger charge is 2.16. The molecule has 3 aromatic carbocycles. The molecule has 0 aliphatic carbocycles. The van der Waals surface area contributed by atoms with Crippen molar-refractivity contribution in [2.45, 2.75) is 23.8 Å². The maximum Gasteiger partial charge on any atom is 0.277 e. The Labute approximate surface area is 201 Å². The van der Waals surface area contributed by atoms with Gasteiger partial charge in [0, 0.05) is 16.9 Å². The predicted octanol–water partition coefficient (Wildman–Crippen LogP) is 6.70. The lowest BCUT2D eigenvalue weighted by Crippen LogP contribution is -1.93. The molecule has 2 N–H and O–H groups in total. The summed E-state index contributed by atoms with van der Waals surface area (Å²) in [4.78, 5) is 0. The van der Waals surface area contributed by atoms with Gasteiger partial charge in [-0.2, -0.15) is 0 Å². The maximum atomic E-state index is 14.0. The SMILES string of the molecule is C=CCc1cc(CSc2nnc(-c3ccccc3F)o2)c(O)c(-c2ccc(O)c(CC=C)c2)c1. The molecule has 0 aliphatic rings. The van der Waals surface area contributed by atoms with E-state index in [4.69, 9.17) is 4.42 Å². The second kappa shape index (κ2) is 10.4. The number of phenols is 2. The zero-order chi connectivity index (χ0) is 24.1. The van der Waals surface area contributed by atoms with Crippen LogP contribution in [0.3, 0.4) is 0 Å². The van der Waals surface area contributed by atoms with Crippen LogP contribution >= 0.6 is 11.8 Å². The molecule has 0 saturated carbocycles. The molecule has 0 bridgehead atoms. The molecule has 0 unspecified atom stereocenters. The van der Waals surface area contributed by atoms with Crippen molar-refractivity contribution in [3.8, 4) is 34.1 Å². The van der Waals surface area contributed by atoms with E-state index >= 15 is 0 Å². The van der Waals surface area contributed by atoms with Crippen molar-refractivity contribution in [1.29, 1.82) is 0 Å². The molecule has 0 radical (unpaired) electrons. The van der Waals surface area contributed by atoms with E-state index in [1.807, 2.05) is 18.2 Å². The van der Waals surface area contributed by atoms with Gasteiger partial charge in [-0.05, 0) is 59.9 Å². The number of aromatic hydroxyl groups is 2. The number of halogens is 1. The fourth-order valence-corrected chi connectivity index (χ4v) is 4.33. The third-order valence-corrected chi connectivity index (χ3v) is 6.11. The molecule has 4 rings (SSSR count). The van der Waals surface area contributed by atoms with Crippen LogP contribution in [0.1, 0.15) is 16.7 Å². The number of hydrogen-bond acceptors (Lipinski definition) is 6. The minimum atomic E-state index is -0.438. The fourth-order valence-electron chi connectivity index (χ4n) is 3.60. The Balaban J connectivity index is 1.63. The molecule has 1 aromatic heterocycles. The molecule has 0 aliphatic heterocycles. The monoisotopic (exact) mass is 474 g/mol. The van der Waals surface area contributed by atoms with Gasteiger partial charge < -0.3 is 14.6 Å². The fraction of sp³-hybridized carbons (Fsp3) is 0.111. The van der Waals surface area contributed by atoms with Crippen LogP contribution in [0.2, 0.25) is 0 Å². The molecule has 1 heterocycles. The van der Waals surface area contributed by atoms with Crippen LogP contribution in [-0.4, -0.2) is 20.4 Å². The number of phenolic OH excluding ortho intramolecular Hbond substituents is 2. The van der Waals surface area contributed by atoms with Gasteiger partial charge >= 0.3 is 0 Å². The summed E-state index contributed by atoms with van der Waals surface area (Å²) in [6.45, 7) is 7.55. The zero-order valence-corrected chi connectivity index (χ0v) is 19.2. The Bertz CT molecular complexity index is 1350. The van der Waals surface area contributed by atoms with Gasteiger partial charge in [-0.3, -0.25) is 0 Å².